The van der Waals surface area contributed by atoms with Gasteiger partial charge >= 0.3 is 0 Å². The maximum absolute atomic E-state index is 13.0. The van der Waals surface area contributed by atoms with E-state index in [1.807, 2.05) is 6.07 Å². The zero-order valence-corrected chi connectivity index (χ0v) is 9.17. The van der Waals surface area contributed by atoms with Crippen molar-refractivity contribution >= 4 is 0 Å². The van der Waals surface area contributed by atoms with Crippen LogP contribution in [-0.2, 0) is 0 Å². The summed E-state index contributed by atoms with van der Waals surface area (Å²) in [6.45, 7) is 1.78. The van der Waals surface area contributed by atoms with Crippen LogP contribution in [0.15, 0.2) is 18.2 Å². The molecule has 1 aliphatic rings. The minimum atomic E-state index is -0.145. The minimum Gasteiger partial charge on any atom is -0.324 e. The maximum atomic E-state index is 13.0. The highest BCUT2D eigenvalue weighted by molar-refractivity contribution is 5.26. The third kappa shape index (κ3) is 2.78. The molecule has 0 aromatic heterocycles. The standard InChI is InChI=1S/C13H18FN/c1-9-8-11(5-6-12(9)14)13(15)7-4-10-2-3-10/h5-6,8,10,13H,2-4,7,15H2,1H3. The smallest absolute Gasteiger partial charge is 0.126 e. The minimum absolute atomic E-state index is 0.0740. The first-order valence-corrected chi connectivity index (χ1v) is 5.68. The van der Waals surface area contributed by atoms with Gasteiger partial charge in [0.25, 0.3) is 0 Å². The molecule has 0 saturated heterocycles. The molecule has 1 unspecified atom stereocenters. The molecule has 1 aliphatic carbocycles. The summed E-state index contributed by atoms with van der Waals surface area (Å²) in [7, 11) is 0. The van der Waals surface area contributed by atoms with Crippen molar-refractivity contribution in [3.8, 4) is 0 Å². The second-order valence-electron chi connectivity index (χ2n) is 4.64. The van der Waals surface area contributed by atoms with Crippen LogP contribution >= 0.6 is 0 Å². The molecule has 1 nitrogen and oxygen atoms in total. The van der Waals surface area contributed by atoms with Gasteiger partial charge in [-0.2, -0.15) is 0 Å². The Kier molecular flexibility index (Phi) is 3.06. The maximum Gasteiger partial charge on any atom is 0.126 e. The first-order chi connectivity index (χ1) is 7.16. The number of halogens is 1. The molecule has 15 heavy (non-hydrogen) atoms. The second kappa shape index (κ2) is 4.31. The Morgan fingerprint density at radius 3 is 2.80 bits per heavy atom. The highest BCUT2D eigenvalue weighted by Gasteiger charge is 2.22. The van der Waals surface area contributed by atoms with E-state index in [0.29, 0.717) is 5.56 Å². The lowest BCUT2D eigenvalue weighted by Gasteiger charge is -2.12. The Labute approximate surface area is 90.5 Å². The average Bonchev–Trinajstić information content (AvgIpc) is 3.02. The van der Waals surface area contributed by atoms with Gasteiger partial charge in [0.15, 0.2) is 0 Å². The number of benzene rings is 1. The van der Waals surface area contributed by atoms with Crippen LogP contribution in [0.5, 0.6) is 0 Å². The largest absolute Gasteiger partial charge is 0.324 e. The molecule has 0 amide bonds. The molecule has 1 atom stereocenters. The van der Waals surface area contributed by atoms with Crippen LogP contribution in [0.1, 0.15) is 42.9 Å². The SMILES string of the molecule is Cc1cc(C(N)CCC2CC2)ccc1F. The van der Waals surface area contributed by atoms with E-state index in [9.17, 15) is 4.39 Å². The zero-order valence-electron chi connectivity index (χ0n) is 9.17. The Hall–Kier alpha value is -0.890. The average molecular weight is 207 g/mol. The third-order valence-electron chi connectivity index (χ3n) is 3.19. The lowest BCUT2D eigenvalue weighted by Crippen LogP contribution is -2.10. The Morgan fingerprint density at radius 2 is 2.20 bits per heavy atom. The van der Waals surface area contributed by atoms with Crippen LogP contribution < -0.4 is 5.73 Å². The molecular weight excluding hydrogens is 189 g/mol. The van der Waals surface area contributed by atoms with Crippen LogP contribution in [-0.4, -0.2) is 0 Å². The summed E-state index contributed by atoms with van der Waals surface area (Å²) in [6, 6.07) is 5.26. The molecule has 0 spiro atoms. The van der Waals surface area contributed by atoms with Crippen molar-refractivity contribution in [2.24, 2.45) is 11.7 Å². The van der Waals surface area contributed by atoms with Crippen molar-refractivity contribution in [1.29, 1.82) is 0 Å². The van der Waals surface area contributed by atoms with Crippen LogP contribution in [0, 0.1) is 18.7 Å². The number of nitrogens with two attached hydrogens (primary N) is 1. The number of hydrogen-bond donors (Lipinski definition) is 1. The van der Waals surface area contributed by atoms with Gasteiger partial charge in [0.05, 0.1) is 0 Å². The van der Waals surface area contributed by atoms with E-state index in [2.05, 4.69) is 0 Å². The van der Waals surface area contributed by atoms with E-state index < -0.39 is 0 Å². The molecular formula is C13H18FN. The molecule has 1 fully saturated rings. The highest BCUT2D eigenvalue weighted by atomic mass is 19.1. The monoisotopic (exact) mass is 207 g/mol. The van der Waals surface area contributed by atoms with Gasteiger partial charge in [-0.15, -0.1) is 0 Å². The van der Waals surface area contributed by atoms with Gasteiger partial charge in [-0.25, -0.2) is 4.39 Å². The lowest BCUT2D eigenvalue weighted by molar-refractivity contribution is 0.571. The highest BCUT2D eigenvalue weighted by Crippen LogP contribution is 2.35. The molecule has 0 aliphatic heterocycles. The molecule has 1 saturated carbocycles. The lowest BCUT2D eigenvalue weighted by atomic mass is 9.99. The molecule has 1 aromatic rings. The fourth-order valence-corrected chi connectivity index (χ4v) is 1.89. The van der Waals surface area contributed by atoms with Gasteiger partial charge in [-0.05, 0) is 42.9 Å². The zero-order chi connectivity index (χ0) is 10.8. The van der Waals surface area contributed by atoms with E-state index >= 15 is 0 Å². The van der Waals surface area contributed by atoms with E-state index in [-0.39, 0.29) is 11.9 Å². The summed E-state index contributed by atoms with van der Waals surface area (Å²) in [6.07, 6.45) is 4.98. The van der Waals surface area contributed by atoms with Crippen molar-refractivity contribution in [3.05, 3.63) is 35.1 Å². The summed E-state index contributed by atoms with van der Waals surface area (Å²) in [5.74, 6) is 0.769. The fraction of sp³-hybridized carbons (Fsp3) is 0.538. The first-order valence-electron chi connectivity index (χ1n) is 5.68. The van der Waals surface area contributed by atoms with Gasteiger partial charge < -0.3 is 5.73 Å². The molecule has 82 valence electrons. The van der Waals surface area contributed by atoms with Crippen molar-refractivity contribution in [2.45, 2.75) is 38.6 Å². The predicted octanol–water partition coefficient (Wildman–Crippen LogP) is 3.32. The van der Waals surface area contributed by atoms with Crippen molar-refractivity contribution in [2.75, 3.05) is 0 Å². The molecule has 0 radical (unpaired) electrons. The topological polar surface area (TPSA) is 26.0 Å². The summed E-state index contributed by atoms with van der Waals surface area (Å²) >= 11 is 0. The van der Waals surface area contributed by atoms with Gasteiger partial charge in [0, 0.05) is 6.04 Å². The molecule has 2 rings (SSSR count). The van der Waals surface area contributed by atoms with Crippen LogP contribution in [0.2, 0.25) is 0 Å². The molecule has 2 N–H and O–H groups in total. The Bertz CT molecular complexity index is 344. The molecule has 0 bridgehead atoms. The number of hydrogen-bond acceptors (Lipinski definition) is 1. The van der Waals surface area contributed by atoms with Gasteiger partial charge in [0.1, 0.15) is 5.82 Å². The summed E-state index contributed by atoms with van der Waals surface area (Å²) < 4.78 is 13.0. The predicted molar refractivity (Wildman–Crippen MR) is 60.0 cm³/mol. The Morgan fingerprint density at radius 1 is 1.47 bits per heavy atom. The number of rotatable bonds is 4. The van der Waals surface area contributed by atoms with E-state index in [4.69, 9.17) is 5.73 Å². The quantitative estimate of drug-likeness (QED) is 0.805. The second-order valence-corrected chi connectivity index (χ2v) is 4.64. The molecule has 2 heteroatoms. The summed E-state index contributed by atoms with van der Waals surface area (Å²) in [5.41, 5.74) is 7.82. The summed E-state index contributed by atoms with van der Waals surface area (Å²) in [5, 5.41) is 0. The third-order valence-corrected chi connectivity index (χ3v) is 3.19. The van der Waals surface area contributed by atoms with Crippen molar-refractivity contribution in [1.82, 2.24) is 0 Å². The van der Waals surface area contributed by atoms with Gasteiger partial charge in [-0.1, -0.05) is 25.0 Å². The first kappa shape index (κ1) is 10.6. The van der Waals surface area contributed by atoms with Gasteiger partial charge in [-0.3, -0.25) is 0 Å². The number of aryl methyl sites for hydroxylation is 1. The van der Waals surface area contributed by atoms with Gasteiger partial charge in [0.2, 0.25) is 0 Å². The van der Waals surface area contributed by atoms with Crippen molar-refractivity contribution in [3.63, 3.8) is 0 Å². The van der Waals surface area contributed by atoms with Crippen LogP contribution in [0.3, 0.4) is 0 Å². The molecule has 1 aromatic carbocycles. The molecule has 0 heterocycles. The van der Waals surface area contributed by atoms with E-state index in [0.717, 1.165) is 17.9 Å². The fourth-order valence-electron chi connectivity index (χ4n) is 1.89. The Balaban J connectivity index is 1.97. The summed E-state index contributed by atoms with van der Waals surface area (Å²) in [4.78, 5) is 0. The van der Waals surface area contributed by atoms with Crippen LogP contribution in [0.25, 0.3) is 0 Å². The van der Waals surface area contributed by atoms with Crippen molar-refractivity contribution < 1.29 is 4.39 Å². The van der Waals surface area contributed by atoms with E-state index in [1.54, 1.807) is 13.0 Å². The normalized spacial score (nSPS) is 17.8. The van der Waals surface area contributed by atoms with Crippen LogP contribution in [0.4, 0.5) is 4.39 Å². The van der Waals surface area contributed by atoms with E-state index in [1.165, 1.54) is 25.3 Å².